The molecule has 216 valence electrons. The molecule has 0 amide bonds. The van der Waals surface area contributed by atoms with E-state index < -0.39 is 0 Å². The molecule has 2 fully saturated rings. The predicted octanol–water partition coefficient (Wildman–Crippen LogP) is 5.80. The highest BCUT2D eigenvalue weighted by molar-refractivity contribution is 9.09. The third-order valence-electron chi connectivity index (χ3n) is 8.01. The molecule has 2 N–H and O–H groups in total. The fourth-order valence-corrected chi connectivity index (χ4v) is 4.04. The van der Waals surface area contributed by atoms with Crippen LogP contribution in [-0.2, 0) is 18.6 Å². The Morgan fingerprint density at radius 3 is 1.18 bits per heavy atom. The van der Waals surface area contributed by atoms with Crippen LogP contribution in [0.1, 0.15) is 76.2 Å². The lowest BCUT2D eigenvalue weighted by atomic mass is 9.79. The van der Waals surface area contributed by atoms with Gasteiger partial charge in [0.2, 0.25) is 0 Å². The first kappa shape index (κ1) is 33.7. The Morgan fingerprint density at radius 2 is 0.897 bits per heavy atom. The van der Waals surface area contributed by atoms with Gasteiger partial charge < -0.3 is 29.3 Å². The normalized spacial score (nSPS) is 20.0. The molecule has 2 aliphatic heterocycles. The van der Waals surface area contributed by atoms with Gasteiger partial charge in [0.15, 0.2) is 0 Å². The number of alkyl halides is 1. The van der Waals surface area contributed by atoms with Crippen molar-refractivity contribution in [3.05, 3.63) is 48.5 Å². The van der Waals surface area contributed by atoms with E-state index in [1.165, 1.54) is 5.69 Å². The van der Waals surface area contributed by atoms with Crippen LogP contribution in [0, 0.1) is 0 Å². The van der Waals surface area contributed by atoms with Crippen LogP contribution in [0.15, 0.2) is 48.5 Å². The van der Waals surface area contributed by atoms with Gasteiger partial charge in [0, 0.05) is 29.8 Å². The number of anilines is 2. The summed E-state index contributed by atoms with van der Waals surface area (Å²) in [5.74, 6) is 0. The first-order valence-electron chi connectivity index (χ1n) is 14.0. The van der Waals surface area contributed by atoms with E-state index in [1.54, 1.807) is 0 Å². The fourth-order valence-electron chi connectivity index (χ4n) is 4.04. The van der Waals surface area contributed by atoms with Gasteiger partial charge in [0.1, 0.15) is 0 Å². The van der Waals surface area contributed by atoms with Crippen molar-refractivity contribution >= 4 is 52.5 Å². The van der Waals surface area contributed by atoms with E-state index in [1.807, 2.05) is 58.9 Å². The molecule has 4 rings (SSSR count). The van der Waals surface area contributed by atoms with Crippen LogP contribution in [0.3, 0.4) is 0 Å². The smallest absolute Gasteiger partial charge is 0.399 e. The van der Waals surface area contributed by atoms with Crippen LogP contribution in [0.5, 0.6) is 0 Å². The van der Waals surface area contributed by atoms with Gasteiger partial charge in [-0.1, -0.05) is 47.1 Å². The maximum atomic E-state index is 6.07. The third-order valence-corrected chi connectivity index (χ3v) is 8.01. The molecule has 0 aromatic heterocycles. The zero-order valence-electron chi connectivity index (χ0n) is 25.9. The number of hydrogen-bond donors (Lipinski definition) is 1. The lowest BCUT2D eigenvalue weighted by molar-refractivity contribution is 0.00578. The molecular formula is C30H49B2BrN2O4. The number of rotatable bonds is 5. The Balaban J connectivity index is 0.000000253. The van der Waals surface area contributed by atoms with E-state index >= 15 is 0 Å². The summed E-state index contributed by atoms with van der Waals surface area (Å²) in [6.07, 6.45) is 0. The van der Waals surface area contributed by atoms with Crippen LogP contribution in [-0.4, -0.2) is 55.1 Å². The average Bonchev–Trinajstić information content (AvgIpc) is 3.21. The lowest BCUT2D eigenvalue weighted by Crippen LogP contribution is -2.41. The van der Waals surface area contributed by atoms with Crippen molar-refractivity contribution in [3.8, 4) is 0 Å². The molecule has 2 heterocycles. The number of nitrogens with two attached hydrogens (primary N) is 1. The third kappa shape index (κ3) is 8.26. The summed E-state index contributed by atoms with van der Waals surface area (Å²) in [4.78, 5) is 2.33. The maximum absolute atomic E-state index is 6.07. The van der Waals surface area contributed by atoms with E-state index in [4.69, 9.17) is 24.4 Å². The van der Waals surface area contributed by atoms with Gasteiger partial charge >= 0.3 is 14.2 Å². The largest absolute Gasteiger partial charge is 0.494 e. The number of halogens is 1. The molecule has 2 aromatic rings. The minimum atomic E-state index is -0.300. The second-order valence-corrected chi connectivity index (χ2v) is 13.0. The molecule has 2 aliphatic rings. The Labute approximate surface area is 246 Å². The second-order valence-electron chi connectivity index (χ2n) is 11.9. The average molecular weight is 603 g/mol. The van der Waals surface area contributed by atoms with E-state index in [0.29, 0.717) is 0 Å². The Hall–Kier alpha value is -1.51. The molecule has 9 heteroatoms. The summed E-state index contributed by atoms with van der Waals surface area (Å²) in [7, 11) is -0.573. The SMILES string of the molecule is CC1(C)OB(c2ccc(N)cc2)OC1(C)C.CCBr.CCN(CC)c1ccc(B2OC(C)(C)C(C)(C)O2)cc1. The van der Waals surface area contributed by atoms with Crippen molar-refractivity contribution in [1.82, 2.24) is 0 Å². The van der Waals surface area contributed by atoms with Crippen molar-refractivity contribution in [2.24, 2.45) is 0 Å². The minimum Gasteiger partial charge on any atom is -0.399 e. The van der Waals surface area contributed by atoms with Gasteiger partial charge in [0.05, 0.1) is 22.4 Å². The van der Waals surface area contributed by atoms with Crippen molar-refractivity contribution < 1.29 is 18.6 Å². The van der Waals surface area contributed by atoms with Crippen LogP contribution in [0.4, 0.5) is 11.4 Å². The van der Waals surface area contributed by atoms with Gasteiger partial charge in [-0.25, -0.2) is 0 Å². The van der Waals surface area contributed by atoms with Gasteiger partial charge in [-0.15, -0.1) is 0 Å². The van der Waals surface area contributed by atoms with E-state index in [9.17, 15) is 0 Å². The highest BCUT2D eigenvalue weighted by Gasteiger charge is 2.52. The number of benzene rings is 2. The van der Waals surface area contributed by atoms with Gasteiger partial charge in [-0.05, 0) is 104 Å². The van der Waals surface area contributed by atoms with Crippen LogP contribution < -0.4 is 21.6 Å². The predicted molar refractivity (Wildman–Crippen MR) is 172 cm³/mol. The minimum absolute atomic E-state index is 0.272. The highest BCUT2D eigenvalue weighted by Crippen LogP contribution is 2.37. The highest BCUT2D eigenvalue weighted by atomic mass is 79.9. The first-order valence-corrected chi connectivity index (χ1v) is 15.1. The summed E-state index contributed by atoms with van der Waals surface area (Å²) in [6, 6.07) is 16.1. The Kier molecular flexibility index (Phi) is 11.6. The van der Waals surface area contributed by atoms with Crippen LogP contribution in [0.2, 0.25) is 0 Å². The molecule has 2 aromatic carbocycles. The molecule has 0 spiro atoms. The lowest BCUT2D eigenvalue weighted by Gasteiger charge is -2.32. The number of nitrogen functional groups attached to an aromatic ring is 1. The molecule has 6 nitrogen and oxygen atoms in total. The summed E-state index contributed by atoms with van der Waals surface area (Å²) in [6.45, 7) is 24.9. The zero-order valence-corrected chi connectivity index (χ0v) is 27.5. The van der Waals surface area contributed by atoms with E-state index in [2.05, 4.69) is 86.6 Å². The van der Waals surface area contributed by atoms with Crippen molar-refractivity contribution in [1.29, 1.82) is 0 Å². The second kappa shape index (κ2) is 13.4. The molecule has 0 atom stereocenters. The van der Waals surface area contributed by atoms with E-state index in [-0.39, 0.29) is 36.6 Å². The van der Waals surface area contributed by atoms with Crippen molar-refractivity contribution in [2.45, 2.75) is 98.6 Å². The first-order chi connectivity index (χ1) is 18.0. The summed E-state index contributed by atoms with van der Waals surface area (Å²) in [5.41, 5.74) is 8.59. The molecule has 0 unspecified atom stereocenters. The topological polar surface area (TPSA) is 66.2 Å². The number of nitrogens with zero attached hydrogens (tertiary/aromatic N) is 1. The summed E-state index contributed by atoms with van der Waals surface area (Å²) in [5, 5.41) is 1.06. The monoisotopic (exact) mass is 602 g/mol. The molecule has 0 aliphatic carbocycles. The number of hydrogen-bond acceptors (Lipinski definition) is 6. The van der Waals surface area contributed by atoms with Gasteiger partial charge in [-0.2, -0.15) is 0 Å². The van der Waals surface area contributed by atoms with Crippen LogP contribution in [0.25, 0.3) is 0 Å². The molecule has 39 heavy (non-hydrogen) atoms. The van der Waals surface area contributed by atoms with Gasteiger partial charge in [-0.3, -0.25) is 0 Å². The summed E-state index contributed by atoms with van der Waals surface area (Å²) < 4.78 is 24.0. The molecule has 0 radical (unpaired) electrons. The van der Waals surface area contributed by atoms with Crippen molar-refractivity contribution in [2.75, 3.05) is 29.1 Å². The molecule has 2 saturated heterocycles. The Morgan fingerprint density at radius 1 is 0.615 bits per heavy atom. The molecule has 0 saturated carbocycles. The molecular weight excluding hydrogens is 554 g/mol. The van der Waals surface area contributed by atoms with Gasteiger partial charge in [0.25, 0.3) is 0 Å². The standard InChI is InChI=1S/C16H26BNO2.C12H18BNO2.C2H5Br/c1-7-18(8-2)14-11-9-13(10-12-14)17-19-15(3,4)16(5,6)20-17;1-11(2)12(3,4)16-13(15-11)9-5-7-10(14)8-6-9;1-2-3/h9-12H,7-8H2,1-6H3;5-8H,14H2,1-4H3;2H2,1H3. The van der Waals surface area contributed by atoms with Crippen molar-refractivity contribution in [3.63, 3.8) is 0 Å². The van der Waals surface area contributed by atoms with Crippen LogP contribution >= 0.6 is 15.9 Å². The summed E-state index contributed by atoms with van der Waals surface area (Å²) >= 11 is 3.15. The molecule has 0 bridgehead atoms. The quantitative estimate of drug-likeness (QED) is 0.265. The maximum Gasteiger partial charge on any atom is 0.494 e. The zero-order chi connectivity index (χ0) is 29.6. The van der Waals surface area contributed by atoms with E-state index in [0.717, 1.165) is 35.0 Å². The fraction of sp³-hybridized carbons (Fsp3) is 0.600. The Bertz CT molecular complexity index is 994.